The Kier molecular flexibility index (Phi) is 6.30. The van der Waals surface area contributed by atoms with Gasteiger partial charge < -0.3 is 10.6 Å². The van der Waals surface area contributed by atoms with Crippen molar-refractivity contribution in [2.24, 2.45) is 11.0 Å². The number of amides is 3. The third-order valence-electron chi connectivity index (χ3n) is 4.82. The molecule has 0 bridgehead atoms. The lowest BCUT2D eigenvalue weighted by Gasteiger charge is -2.24. The average molecular weight is 406 g/mol. The predicted molar refractivity (Wildman–Crippen MR) is 119 cm³/mol. The molecule has 0 atom stereocenters. The standard InChI is InChI=1S/C23H26N4O3/c1-14(2)22(29)24-17-7-9-18(10-8-17)25-23(30)19-11-12-21(28)27(26-19)20-13-15(3)5-6-16(20)4/h5-10,13-14H,11-12H2,1-4H3,(H,24,29)(H,25,30). The molecular formula is C23H26N4O3. The van der Waals surface area contributed by atoms with E-state index >= 15 is 0 Å². The molecule has 0 spiro atoms. The highest BCUT2D eigenvalue weighted by molar-refractivity contribution is 6.44. The van der Waals surface area contributed by atoms with E-state index in [1.165, 1.54) is 5.01 Å². The Bertz CT molecular complexity index is 1010. The van der Waals surface area contributed by atoms with Gasteiger partial charge in [0.25, 0.3) is 5.91 Å². The molecule has 3 amide bonds. The molecule has 2 aromatic carbocycles. The van der Waals surface area contributed by atoms with Gasteiger partial charge in [-0.05, 0) is 55.3 Å². The van der Waals surface area contributed by atoms with Crippen LogP contribution >= 0.6 is 0 Å². The van der Waals surface area contributed by atoms with Gasteiger partial charge in [-0.2, -0.15) is 5.10 Å². The van der Waals surface area contributed by atoms with Crippen LogP contribution in [0.5, 0.6) is 0 Å². The van der Waals surface area contributed by atoms with Crippen molar-refractivity contribution < 1.29 is 14.4 Å². The number of aryl methyl sites for hydroxylation is 2. The van der Waals surface area contributed by atoms with Gasteiger partial charge in [-0.1, -0.05) is 26.0 Å². The lowest BCUT2D eigenvalue weighted by Crippen LogP contribution is -2.36. The van der Waals surface area contributed by atoms with Crippen LogP contribution in [0.25, 0.3) is 0 Å². The molecule has 2 aromatic rings. The maximum atomic E-state index is 12.7. The van der Waals surface area contributed by atoms with Crippen molar-refractivity contribution in [2.45, 2.75) is 40.5 Å². The number of carbonyl (C=O) groups is 3. The van der Waals surface area contributed by atoms with E-state index in [4.69, 9.17) is 0 Å². The molecule has 0 fully saturated rings. The van der Waals surface area contributed by atoms with Crippen molar-refractivity contribution in [1.82, 2.24) is 0 Å². The van der Waals surface area contributed by atoms with E-state index in [-0.39, 0.29) is 36.5 Å². The van der Waals surface area contributed by atoms with Crippen molar-refractivity contribution >= 4 is 40.5 Å². The minimum atomic E-state index is -0.350. The zero-order valence-electron chi connectivity index (χ0n) is 17.7. The van der Waals surface area contributed by atoms with Gasteiger partial charge in [0.2, 0.25) is 11.8 Å². The second-order valence-corrected chi connectivity index (χ2v) is 7.72. The Morgan fingerprint density at radius 2 is 1.60 bits per heavy atom. The molecule has 0 saturated carbocycles. The number of benzene rings is 2. The number of carbonyl (C=O) groups excluding carboxylic acids is 3. The second-order valence-electron chi connectivity index (χ2n) is 7.72. The summed E-state index contributed by atoms with van der Waals surface area (Å²) in [5.74, 6) is -0.668. The molecule has 0 aromatic heterocycles. The summed E-state index contributed by atoms with van der Waals surface area (Å²) >= 11 is 0. The Labute approximate surface area is 176 Å². The molecule has 0 saturated heterocycles. The first kappa shape index (κ1) is 21.2. The van der Waals surface area contributed by atoms with Crippen LogP contribution in [0.2, 0.25) is 0 Å². The molecule has 1 aliphatic heterocycles. The zero-order chi connectivity index (χ0) is 21.8. The Hall–Kier alpha value is -3.48. The number of hydrogen-bond donors (Lipinski definition) is 2. The summed E-state index contributed by atoms with van der Waals surface area (Å²) in [5.41, 5.74) is 4.16. The van der Waals surface area contributed by atoms with Crippen LogP contribution in [-0.2, 0) is 14.4 Å². The monoisotopic (exact) mass is 406 g/mol. The number of hydrazone groups is 1. The molecule has 7 nitrogen and oxygen atoms in total. The van der Waals surface area contributed by atoms with Gasteiger partial charge in [0, 0.05) is 30.1 Å². The van der Waals surface area contributed by atoms with Gasteiger partial charge in [0.1, 0.15) is 5.71 Å². The van der Waals surface area contributed by atoms with E-state index in [0.717, 1.165) is 11.1 Å². The molecule has 0 unspecified atom stereocenters. The summed E-state index contributed by atoms with van der Waals surface area (Å²) in [6, 6.07) is 12.7. The molecule has 2 N–H and O–H groups in total. The van der Waals surface area contributed by atoms with Crippen LogP contribution in [0, 0.1) is 19.8 Å². The third kappa shape index (κ3) is 4.92. The maximum absolute atomic E-state index is 12.7. The zero-order valence-corrected chi connectivity index (χ0v) is 17.7. The number of anilines is 3. The first-order chi connectivity index (χ1) is 14.2. The van der Waals surface area contributed by atoms with Crippen molar-refractivity contribution in [3.8, 4) is 0 Å². The third-order valence-corrected chi connectivity index (χ3v) is 4.82. The van der Waals surface area contributed by atoms with Gasteiger partial charge in [0.05, 0.1) is 5.69 Å². The van der Waals surface area contributed by atoms with E-state index in [1.54, 1.807) is 24.3 Å². The topological polar surface area (TPSA) is 90.9 Å². The van der Waals surface area contributed by atoms with E-state index in [9.17, 15) is 14.4 Å². The average Bonchev–Trinajstić information content (AvgIpc) is 2.71. The van der Waals surface area contributed by atoms with Gasteiger partial charge in [-0.25, -0.2) is 5.01 Å². The largest absolute Gasteiger partial charge is 0.326 e. The first-order valence-corrected chi connectivity index (χ1v) is 9.94. The summed E-state index contributed by atoms with van der Waals surface area (Å²) in [4.78, 5) is 36.9. The van der Waals surface area contributed by atoms with E-state index < -0.39 is 0 Å². The van der Waals surface area contributed by atoms with Crippen molar-refractivity contribution in [3.05, 3.63) is 53.6 Å². The molecule has 7 heteroatoms. The van der Waals surface area contributed by atoms with Crippen LogP contribution in [0.15, 0.2) is 47.6 Å². The van der Waals surface area contributed by atoms with Gasteiger partial charge in [-0.3, -0.25) is 14.4 Å². The highest BCUT2D eigenvalue weighted by atomic mass is 16.2. The van der Waals surface area contributed by atoms with Gasteiger partial charge in [0.15, 0.2) is 0 Å². The fourth-order valence-electron chi connectivity index (χ4n) is 2.98. The lowest BCUT2D eigenvalue weighted by atomic mass is 10.1. The molecule has 156 valence electrons. The molecule has 1 heterocycles. The fourth-order valence-corrected chi connectivity index (χ4v) is 2.98. The van der Waals surface area contributed by atoms with Crippen molar-refractivity contribution in [2.75, 3.05) is 15.6 Å². The molecule has 0 aliphatic carbocycles. The molecule has 3 rings (SSSR count). The Morgan fingerprint density at radius 3 is 2.23 bits per heavy atom. The molecule has 0 radical (unpaired) electrons. The minimum Gasteiger partial charge on any atom is -0.326 e. The summed E-state index contributed by atoms with van der Waals surface area (Å²) in [6.07, 6.45) is 0.508. The fraction of sp³-hybridized carbons (Fsp3) is 0.304. The highest BCUT2D eigenvalue weighted by Crippen LogP contribution is 2.25. The quantitative estimate of drug-likeness (QED) is 0.786. The number of nitrogens with zero attached hydrogens (tertiary/aromatic N) is 2. The highest BCUT2D eigenvalue weighted by Gasteiger charge is 2.26. The van der Waals surface area contributed by atoms with Crippen LogP contribution in [0.1, 0.15) is 37.8 Å². The molecule has 1 aliphatic rings. The van der Waals surface area contributed by atoms with Gasteiger partial charge >= 0.3 is 0 Å². The van der Waals surface area contributed by atoms with Crippen molar-refractivity contribution in [1.29, 1.82) is 0 Å². The number of hydrogen-bond acceptors (Lipinski definition) is 4. The SMILES string of the molecule is Cc1ccc(C)c(N2N=C(C(=O)Nc3ccc(NC(=O)C(C)C)cc3)CCC2=O)c1. The van der Waals surface area contributed by atoms with Gasteiger partial charge in [-0.15, -0.1) is 0 Å². The van der Waals surface area contributed by atoms with E-state index in [2.05, 4.69) is 15.7 Å². The molecule has 30 heavy (non-hydrogen) atoms. The normalized spacial score (nSPS) is 13.8. The second kappa shape index (κ2) is 8.90. The molecular weight excluding hydrogens is 380 g/mol. The van der Waals surface area contributed by atoms with Crippen LogP contribution in [0.4, 0.5) is 17.1 Å². The summed E-state index contributed by atoms with van der Waals surface area (Å²) in [7, 11) is 0. The smallest absolute Gasteiger partial charge is 0.271 e. The predicted octanol–water partition coefficient (Wildman–Crippen LogP) is 4.02. The summed E-state index contributed by atoms with van der Waals surface area (Å²) in [5, 5.41) is 11.3. The van der Waals surface area contributed by atoms with Crippen LogP contribution in [0.3, 0.4) is 0 Å². The van der Waals surface area contributed by atoms with E-state index in [0.29, 0.717) is 22.8 Å². The van der Waals surface area contributed by atoms with Crippen LogP contribution < -0.4 is 15.6 Å². The Balaban J connectivity index is 1.74. The van der Waals surface area contributed by atoms with E-state index in [1.807, 2.05) is 45.9 Å². The maximum Gasteiger partial charge on any atom is 0.271 e. The van der Waals surface area contributed by atoms with Crippen molar-refractivity contribution in [3.63, 3.8) is 0 Å². The summed E-state index contributed by atoms with van der Waals surface area (Å²) in [6.45, 7) is 7.50. The number of rotatable bonds is 5. The minimum absolute atomic E-state index is 0.0699. The summed E-state index contributed by atoms with van der Waals surface area (Å²) < 4.78 is 0. The first-order valence-electron chi connectivity index (χ1n) is 9.94. The lowest BCUT2D eigenvalue weighted by molar-refractivity contribution is -0.119. The Morgan fingerprint density at radius 1 is 0.967 bits per heavy atom. The number of nitrogens with one attached hydrogen (secondary N) is 2. The van der Waals surface area contributed by atoms with Crippen LogP contribution in [-0.4, -0.2) is 23.4 Å².